The highest BCUT2D eigenvalue weighted by Gasteiger charge is 2.42. The van der Waals surface area contributed by atoms with Crippen LogP contribution >= 0.6 is 0 Å². The molecule has 0 aromatic carbocycles. The van der Waals surface area contributed by atoms with Gasteiger partial charge < -0.3 is 14.5 Å². The third kappa shape index (κ3) is 2.52. The predicted molar refractivity (Wildman–Crippen MR) is 85.0 cm³/mol. The minimum Gasteiger partial charge on any atom is -0.375 e. The van der Waals surface area contributed by atoms with Gasteiger partial charge in [0.25, 0.3) is 5.91 Å². The molecular weight excluding hydrogens is 276 g/mol. The molecule has 3 heterocycles. The van der Waals surface area contributed by atoms with E-state index in [9.17, 15) is 4.79 Å². The number of nitrogens with zero attached hydrogens (tertiary/aromatic N) is 1. The summed E-state index contributed by atoms with van der Waals surface area (Å²) >= 11 is 0. The number of aromatic nitrogens is 1. The molecule has 1 aliphatic heterocycles. The third-order valence-electron chi connectivity index (χ3n) is 5.18. The Morgan fingerprint density at radius 2 is 2.32 bits per heavy atom. The quantitative estimate of drug-likeness (QED) is 0.946. The van der Waals surface area contributed by atoms with Gasteiger partial charge in [0.15, 0.2) is 0 Å². The summed E-state index contributed by atoms with van der Waals surface area (Å²) in [6.07, 6.45) is 9.69. The fourth-order valence-corrected chi connectivity index (χ4v) is 3.74. The van der Waals surface area contributed by atoms with Crippen molar-refractivity contribution in [2.75, 3.05) is 13.2 Å². The number of rotatable bonds is 3. The predicted octanol–water partition coefficient (Wildman–Crippen LogP) is 3.02. The van der Waals surface area contributed by atoms with Crippen LogP contribution in [0, 0.1) is 5.92 Å². The molecule has 1 aliphatic carbocycles. The fourth-order valence-electron chi connectivity index (χ4n) is 3.74. The Balaban J connectivity index is 1.37. The van der Waals surface area contributed by atoms with Crippen LogP contribution in [0.2, 0.25) is 0 Å². The Morgan fingerprint density at radius 1 is 1.41 bits per heavy atom. The zero-order valence-electron chi connectivity index (χ0n) is 12.8. The van der Waals surface area contributed by atoms with Gasteiger partial charge in [0.05, 0.1) is 11.2 Å². The highest BCUT2D eigenvalue weighted by molar-refractivity contribution is 5.95. The molecule has 1 unspecified atom stereocenters. The van der Waals surface area contributed by atoms with E-state index in [1.807, 2.05) is 41.1 Å². The summed E-state index contributed by atoms with van der Waals surface area (Å²) in [5.74, 6) is 0.577. The number of hydrogen-bond acceptors (Lipinski definition) is 2. The maximum Gasteiger partial charge on any atom is 0.252 e. The summed E-state index contributed by atoms with van der Waals surface area (Å²) in [6.45, 7) is 1.60. The molecule has 4 heteroatoms. The second kappa shape index (κ2) is 5.43. The van der Waals surface area contributed by atoms with E-state index in [1.54, 1.807) is 0 Å². The standard InChI is InChI=1S/C18H22N2O2/c21-17(15-10-16-4-1-2-8-20(16)13-15)19-12-14-5-9-22-18(11-14)6-3-7-18/h1-2,4,8,10,13-14H,3,5-7,9,11-12H2,(H,19,21). The summed E-state index contributed by atoms with van der Waals surface area (Å²) < 4.78 is 7.93. The molecule has 1 N–H and O–H groups in total. The molecule has 4 rings (SSSR count). The first-order chi connectivity index (χ1) is 10.7. The van der Waals surface area contributed by atoms with E-state index in [-0.39, 0.29) is 11.5 Å². The molecule has 1 atom stereocenters. The van der Waals surface area contributed by atoms with Crippen molar-refractivity contribution in [2.24, 2.45) is 5.92 Å². The Labute approximate surface area is 130 Å². The van der Waals surface area contributed by atoms with E-state index >= 15 is 0 Å². The fraction of sp³-hybridized carbons (Fsp3) is 0.500. The monoisotopic (exact) mass is 298 g/mol. The van der Waals surface area contributed by atoms with Gasteiger partial charge in [-0.25, -0.2) is 0 Å². The SMILES string of the molecule is O=C(NCC1CCOC2(CCC2)C1)c1cc2ccccn2c1. The molecule has 2 aromatic rings. The summed E-state index contributed by atoms with van der Waals surface area (Å²) in [7, 11) is 0. The van der Waals surface area contributed by atoms with Crippen molar-refractivity contribution < 1.29 is 9.53 Å². The van der Waals surface area contributed by atoms with Crippen LogP contribution in [0.25, 0.3) is 5.52 Å². The summed E-state index contributed by atoms with van der Waals surface area (Å²) in [5, 5.41) is 3.11. The molecule has 0 radical (unpaired) electrons. The van der Waals surface area contributed by atoms with Crippen molar-refractivity contribution in [3.05, 3.63) is 42.2 Å². The first-order valence-corrected chi connectivity index (χ1v) is 8.23. The molecule has 2 fully saturated rings. The average molecular weight is 298 g/mol. The molecule has 116 valence electrons. The van der Waals surface area contributed by atoms with Crippen LogP contribution in [-0.4, -0.2) is 29.1 Å². The maximum absolute atomic E-state index is 12.3. The van der Waals surface area contributed by atoms with E-state index in [1.165, 1.54) is 19.3 Å². The molecular formula is C18H22N2O2. The number of carbonyl (C=O) groups is 1. The molecule has 1 amide bonds. The molecule has 2 aliphatic rings. The number of fused-ring (bicyclic) bond motifs is 1. The van der Waals surface area contributed by atoms with Crippen molar-refractivity contribution in [1.82, 2.24) is 9.72 Å². The molecule has 1 spiro atoms. The van der Waals surface area contributed by atoms with Gasteiger partial charge in [-0.05, 0) is 56.2 Å². The van der Waals surface area contributed by atoms with Gasteiger partial charge in [-0.15, -0.1) is 0 Å². The maximum atomic E-state index is 12.3. The Morgan fingerprint density at radius 3 is 3.09 bits per heavy atom. The van der Waals surface area contributed by atoms with Gasteiger partial charge in [-0.3, -0.25) is 4.79 Å². The van der Waals surface area contributed by atoms with E-state index < -0.39 is 0 Å². The zero-order chi connectivity index (χ0) is 15.0. The van der Waals surface area contributed by atoms with Crippen LogP contribution in [0.4, 0.5) is 0 Å². The van der Waals surface area contributed by atoms with Gasteiger partial charge in [0.2, 0.25) is 0 Å². The van der Waals surface area contributed by atoms with Crippen LogP contribution in [0.15, 0.2) is 36.7 Å². The minimum absolute atomic E-state index is 0.0258. The molecule has 4 nitrogen and oxygen atoms in total. The second-order valence-electron chi connectivity index (χ2n) is 6.72. The highest BCUT2D eigenvalue weighted by atomic mass is 16.5. The Hall–Kier alpha value is -1.81. The van der Waals surface area contributed by atoms with Crippen molar-refractivity contribution >= 4 is 11.4 Å². The molecule has 2 aromatic heterocycles. The van der Waals surface area contributed by atoms with Crippen LogP contribution in [-0.2, 0) is 4.74 Å². The Kier molecular flexibility index (Phi) is 3.41. The summed E-state index contributed by atoms with van der Waals surface area (Å²) in [5.41, 5.74) is 1.93. The van der Waals surface area contributed by atoms with E-state index in [0.717, 1.165) is 37.1 Å². The minimum atomic E-state index is 0.0258. The van der Waals surface area contributed by atoms with Crippen molar-refractivity contribution in [1.29, 1.82) is 0 Å². The van der Waals surface area contributed by atoms with Gasteiger partial charge >= 0.3 is 0 Å². The van der Waals surface area contributed by atoms with Crippen molar-refractivity contribution in [2.45, 2.75) is 37.7 Å². The zero-order valence-corrected chi connectivity index (χ0v) is 12.8. The lowest BCUT2D eigenvalue weighted by Crippen LogP contribution is -2.47. The van der Waals surface area contributed by atoms with E-state index in [4.69, 9.17) is 4.74 Å². The number of hydrogen-bond donors (Lipinski definition) is 1. The van der Waals surface area contributed by atoms with Gasteiger partial charge in [-0.1, -0.05) is 6.07 Å². The smallest absolute Gasteiger partial charge is 0.252 e. The topological polar surface area (TPSA) is 42.7 Å². The summed E-state index contributed by atoms with van der Waals surface area (Å²) in [6, 6.07) is 7.90. The van der Waals surface area contributed by atoms with E-state index in [2.05, 4.69) is 5.32 Å². The number of carbonyl (C=O) groups excluding carboxylic acids is 1. The average Bonchev–Trinajstić information content (AvgIpc) is 2.95. The van der Waals surface area contributed by atoms with Gasteiger partial charge in [0, 0.05) is 31.1 Å². The number of ether oxygens (including phenoxy) is 1. The van der Waals surface area contributed by atoms with Crippen LogP contribution in [0.5, 0.6) is 0 Å². The first-order valence-electron chi connectivity index (χ1n) is 8.23. The highest BCUT2D eigenvalue weighted by Crippen LogP contribution is 2.44. The van der Waals surface area contributed by atoms with Crippen LogP contribution in [0.1, 0.15) is 42.5 Å². The molecule has 0 bridgehead atoms. The second-order valence-corrected chi connectivity index (χ2v) is 6.72. The van der Waals surface area contributed by atoms with Gasteiger partial charge in [0.1, 0.15) is 0 Å². The van der Waals surface area contributed by atoms with Gasteiger partial charge in [-0.2, -0.15) is 0 Å². The number of amides is 1. The third-order valence-corrected chi connectivity index (χ3v) is 5.18. The van der Waals surface area contributed by atoms with Crippen molar-refractivity contribution in [3.63, 3.8) is 0 Å². The number of nitrogens with one attached hydrogen (secondary N) is 1. The molecule has 1 saturated carbocycles. The summed E-state index contributed by atoms with van der Waals surface area (Å²) in [4.78, 5) is 12.3. The first kappa shape index (κ1) is 13.8. The van der Waals surface area contributed by atoms with Crippen molar-refractivity contribution in [3.8, 4) is 0 Å². The lowest BCUT2D eigenvalue weighted by Gasteiger charge is -2.47. The van der Waals surface area contributed by atoms with Crippen LogP contribution in [0.3, 0.4) is 0 Å². The normalized spacial score (nSPS) is 23.4. The Bertz CT molecular complexity index is 654. The lowest BCUT2D eigenvalue weighted by atomic mass is 9.72. The largest absolute Gasteiger partial charge is 0.375 e. The molecule has 1 saturated heterocycles. The molecule has 22 heavy (non-hydrogen) atoms. The number of pyridine rings is 1. The lowest BCUT2D eigenvalue weighted by molar-refractivity contribution is -0.142. The van der Waals surface area contributed by atoms with Crippen LogP contribution < -0.4 is 5.32 Å². The van der Waals surface area contributed by atoms with E-state index in [0.29, 0.717) is 5.92 Å².